The van der Waals surface area contributed by atoms with Crippen molar-refractivity contribution >= 4 is 11.8 Å². The highest BCUT2D eigenvalue weighted by Crippen LogP contribution is 2.12. The van der Waals surface area contributed by atoms with Gasteiger partial charge >= 0.3 is 0 Å². The Morgan fingerprint density at radius 2 is 1.55 bits per heavy atom. The number of nitrogens with one attached hydrogen (secondary N) is 3. The summed E-state index contributed by atoms with van der Waals surface area (Å²) >= 11 is 0. The van der Waals surface area contributed by atoms with Crippen LogP contribution in [-0.4, -0.2) is 49.1 Å². The molecule has 6 N–H and O–H groups in total. The third kappa shape index (κ3) is 13.7. The maximum atomic E-state index is 12.6. The van der Waals surface area contributed by atoms with Crippen molar-refractivity contribution in [3.05, 3.63) is 29.8 Å². The molecule has 0 saturated heterocycles. The molecule has 2 amide bonds. The van der Waals surface area contributed by atoms with E-state index in [0.717, 1.165) is 50.9 Å². The number of nitrogens with two attached hydrogens (primary N) is 1. The van der Waals surface area contributed by atoms with Crippen molar-refractivity contribution in [2.75, 3.05) is 26.2 Å². The van der Waals surface area contributed by atoms with Crippen LogP contribution < -0.4 is 21.7 Å². The summed E-state index contributed by atoms with van der Waals surface area (Å²) < 4.78 is 0. The van der Waals surface area contributed by atoms with Crippen LogP contribution in [0, 0.1) is 0 Å². The van der Waals surface area contributed by atoms with Gasteiger partial charge in [-0.1, -0.05) is 44.7 Å². The SMILES string of the molecule is CCCC(=O)N[C@H](Cc1ccc(O)cc1)C(=O)NCCCCCCCCNCCCN. The predicted molar refractivity (Wildman–Crippen MR) is 126 cm³/mol. The highest BCUT2D eigenvalue weighted by Gasteiger charge is 2.20. The maximum absolute atomic E-state index is 12.6. The molecule has 7 nitrogen and oxygen atoms in total. The van der Waals surface area contributed by atoms with Crippen LogP contribution in [0.4, 0.5) is 0 Å². The van der Waals surface area contributed by atoms with Crippen LogP contribution in [0.25, 0.3) is 0 Å². The molecular formula is C24H42N4O3. The van der Waals surface area contributed by atoms with Gasteiger partial charge in [-0.2, -0.15) is 0 Å². The molecule has 7 heteroatoms. The summed E-state index contributed by atoms with van der Waals surface area (Å²) in [7, 11) is 0. The molecule has 1 aromatic rings. The van der Waals surface area contributed by atoms with Crippen molar-refractivity contribution in [1.29, 1.82) is 0 Å². The number of unbranched alkanes of at least 4 members (excludes halogenated alkanes) is 5. The van der Waals surface area contributed by atoms with E-state index in [1.54, 1.807) is 24.3 Å². The van der Waals surface area contributed by atoms with E-state index in [0.29, 0.717) is 19.4 Å². The minimum Gasteiger partial charge on any atom is -0.508 e. The number of hydrogen-bond donors (Lipinski definition) is 5. The fraction of sp³-hybridized carbons (Fsp3) is 0.667. The van der Waals surface area contributed by atoms with Gasteiger partial charge in [0, 0.05) is 19.4 Å². The van der Waals surface area contributed by atoms with E-state index in [1.807, 2.05) is 6.92 Å². The first-order valence-corrected chi connectivity index (χ1v) is 11.8. The molecule has 176 valence electrons. The van der Waals surface area contributed by atoms with Gasteiger partial charge in [-0.3, -0.25) is 9.59 Å². The summed E-state index contributed by atoms with van der Waals surface area (Å²) in [6.45, 7) is 5.36. The molecule has 0 bridgehead atoms. The zero-order valence-electron chi connectivity index (χ0n) is 19.1. The predicted octanol–water partition coefficient (Wildman–Crippen LogP) is 2.61. The van der Waals surface area contributed by atoms with E-state index in [9.17, 15) is 14.7 Å². The Hall–Kier alpha value is -2.12. The fourth-order valence-corrected chi connectivity index (χ4v) is 3.34. The van der Waals surface area contributed by atoms with Crippen LogP contribution in [0.15, 0.2) is 24.3 Å². The number of rotatable bonds is 18. The molecule has 31 heavy (non-hydrogen) atoms. The minimum atomic E-state index is -0.602. The van der Waals surface area contributed by atoms with E-state index >= 15 is 0 Å². The highest BCUT2D eigenvalue weighted by molar-refractivity contribution is 5.87. The first kappa shape index (κ1) is 26.9. The van der Waals surface area contributed by atoms with Crippen molar-refractivity contribution in [3.8, 4) is 5.75 Å². The maximum Gasteiger partial charge on any atom is 0.242 e. The number of phenols is 1. The highest BCUT2D eigenvalue weighted by atomic mass is 16.3. The quantitative estimate of drug-likeness (QED) is 0.228. The number of hydrogen-bond acceptors (Lipinski definition) is 5. The molecule has 0 aliphatic heterocycles. The Balaban J connectivity index is 2.25. The first-order valence-electron chi connectivity index (χ1n) is 11.8. The van der Waals surface area contributed by atoms with Crippen molar-refractivity contribution in [2.45, 2.75) is 77.2 Å². The normalized spacial score (nSPS) is 11.8. The van der Waals surface area contributed by atoms with Gasteiger partial charge in [0.05, 0.1) is 0 Å². The first-order chi connectivity index (χ1) is 15.1. The number of amides is 2. The smallest absolute Gasteiger partial charge is 0.242 e. The van der Waals surface area contributed by atoms with Gasteiger partial charge in [0.25, 0.3) is 0 Å². The lowest BCUT2D eigenvalue weighted by molar-refractivity contribution is -0.129. The van der Waals surface area contributed by atoms with E-state index < -0.39 is 6.04 Å². The number of phenolic OH excluding ortho intramolecular Hbond substituents is 1. The fourth-order valence-electron chi connectivity index (χ4n) is 3.34. The zero-order chi connectivity index (χ0) is 22.7. The van der Waals surface area contributed by atoms with Gasteiger partial charge in [0.2, 0.25) is 11.8 Å². The van der Waals surface area contributed by atoms with Crippen LogP contribution in [0.2, 0.25) is 0 Å². The van der Waals surface area contributed by atoms with Crippen LogP contribution in [-0.2, 0) is 16.0 Å². The van der Waals surface area contributed by atoms with Crippen molar-refractivity contribution in [1.82, 2.24) is 16.0 Å². The van der Waals surface area contributed by atoms with E-state index in [2.05, 4.69) is 16.0 Å². The second-order valence-corrected chi connectivity index (χ2v) is 8.05. The molecule has 1 aromatic carbocycles. The Kier molecular flexibility index (Phi) is 15.2. The van der Waals surface area contributed by atoms with Crippen LogP contribution in [0.1, 0.15) is 70.3 Å². The molecule has 1 rings (SSSR count). The number of carbonyl (C=O) groups excluding carboxylic acids is 2. The molecule has 0 saturated carbocycles. The Morgan fingerprint density at radius 3 is 2.19 bits per heavy atom. The third-order valence-electron chi connectivity index (χ3n) is 5.14. The van der Waals surface area contributed by atoms with E-state index in [-0.39, 0.29) is 17.6 Å². The van der Waals surface area contributed by atoms with Crippen LogP contribution >= 0.6 is 0 Å². The lowest BCUT2D eigenvalue weighted by Gasteiger charge is -2.19. The molecule has 0 aliphatic rings. The lowest BCUT2D eigenvalue weighted by Crippen LogP contribution is -2.48. The largest absolute Gasteiger partial charge is 0.508 e. The van der Waals surface area contributed by atoms with Gasteiger partial charge in [-0.05, 0) is 63.0 Å². The molecule has 0 aromatic heterocycles. The third-order valence-corrected chi connectivity index (χ3v) is 5.14. The topological polar surface area (TPSA) is 116 Å². The molecule has 0 radical (unpaired) electrons. The summed E-state index contributed by atoms with van der Waals surface area (Å²) in [6.07, 6.45) is 9.40. The van der Waals surface area contributed by atoms with Gasteiger partial charge in [-0.15, -0.1) is 0 Å². The van der Waals surface area contributed by atoms with Crippen molar-refractivity contribution in [2.24, 2.45) is 5.73 Å². The molecule has 0 aliphatic carbocycles. The standard InChI is InChI=1S/C24H42N4O3/c1-2-10-23(30)28-22(19-20-11-13-21(29)14-12-20)24(31)27-18-8-6-4-3-5-7-16-26-17-9-15-25/h11-14,22,26,29H,2-10,15-19,25H2,1H3,(H,27,31)(H,28,30)/t22-/m1/s1. The Bertz CT molecular complexity index is 607. The van der Waals surface area contributed by atoms with Crippen molar-refractivity contribution < 1.29 is 14.7 Å². The average Bonchev–Trinajstić information content (AvgIpc) is 2.75. The molecule has 0 heterocycles. The average molecular weight is 435 g/mol. The zero-order valence-corrected chi connectivity index (χ0v) is 19.1. The summed E-state index contributed by atoms with van der Waals surface area (Å²) in [4.78, 5) is 24.7. The monoisotopic (exact) mass is 434 g/mol. The van der Waals surface area contributed by atoms with E-state index in [1.165, 1.54) is 25.7 Å². The minimum absolute atomic E-state index is 0.112. The molecular weight excluding hydrogens is 392 g/mol. The summed E-state index contributed by atoms with van der Waals surface area (Å²) in [5, 5.41) is 18.6. The second kappa shape index (κ2) is 17.5. The van der Waals surface area contributed by atoms with Gasteiger partial charge in [-0.25, -0.2) is 0 Å². The lowest BCUT2D eigenvalue weighted by atomic mass is 10.0. The Morgan fingerprint density at radius 1 is 0.935 bits per heavy atom. The Labute approximate surface area is 187 Å². The molecule has 0 spiro atoms. The van der Waals surface area contributed by atoms with Crippen LogP contribution in [0.3, 0.4) is 0 Å². The number of carbonyl (C=O) groups is 2. The van der Waals surface area contributed by atoms with Gasteiger partial charge in [0.1, 0.15) is 11.8 Å². The molecule has 1 atom stereocenters. The second-order valence-electron chi connectivity index (χ2n) is 8.05. The van der Waals surface area contributed by atoms with Crippen molar-refractivity contribution in [3.63, 3.8) is 0 Å². The van der Waals surface area contributed by atoms with Crippen LogP contribution in [0.5, 0.6) is 5.75 Å². The number of aromatic hydroxyl groups is 1. The van der Waals surface area contributed by atoms with E-state index in [4.69, 9.17) is 5.73 Å². The van der Waals surface area contributed by atoms with Gasteiger partial charge in [0.15, 0.2) is 0 Å². The number of benzene rings is 1. The molecule has 0 fully saturated rings. The van der Waals surface area contributed by atoms with Gasteiger partial charge < -0.3 is 26.8 Å². The summed E-state index contributed by atoms with van der Waals surface area (Å²) in [5.41, 5.74) is 6.36. The summed E-state index contributed by atoms with van der Waals surface area (Å²) in [5.74, 6) is -0.0809. The molecule has 0 unspecified atom stereocenters. The summed E-state index contributed by atoms with van der Waals surface area (Å²) in [6, 6.07) is 6.13.